The summed E-state index contributed by atoms with van der Waals surface area (Å²) in [5.74, 6) is 0.808. The van der Waals surface area contributed by atoms with Crippen molar-refractivity contribution in [2.45, 2.75) is 44.5 Å². The largest absolute Gasteiger partial charge is 0.491 e. The van der Waals surface area contributed by atoms with Crippen LogP contribution in [-0.4, -0.2) is 55.1 Å². The van der Waals surface area contributed by atoms with Gasteiger partial charge in [-0.15, -0.1) is 0 Å². The van der Waals surface area contributed by atoms with Gasteiger partial charge in [-0.2, -0.15) is 0 Å². The van der Waals surface area contributed by atoms with Gasteiger partial charge in [0.05, 0.1) is 0 Å². The number of aliphatic hydroxyl groups excluding tert-OH is 1. The Hall–Kier alpha value is -1.92. The Kier molecular flexibility index (Phi) is 7.17. The smallest absolute Gasteiger partial charge is 0.119 e. The number of nitrogens with zero attached hydrogens (tertiary/aromatic N) is 1. The molecule has 2 aromatic rings. The van der Waals surface area contributed by atoms with Gasteiger partial charge in [-0.1, -0.05) is 36.4 Å². The van der Waals surface area contributed by atoms with Crippen LogP contribution in [0, 0.1) is 0 Å². The van der Waals surface area contributed by atoms with Gasteiger partial charge in [-0.25, -0.2) is 0 Å². The van der Waals surface area contributed by atoms with Crippen molar-refractivity contribution in [3.63, 3.8) is 0 Å². The molecule has 29 heavy (non-hydrogen) atoms. The first-order valence-electron chi connectivity index (χ1n) is 10.8. The first kappa shape index (κ1) is 20.4. The summed E-state index contributed by atoms with van der Waals surface area (Å²) < 4.78 is 11.2. The summed E-state index contributed by atoms with van der Waals surface area (Å²) in [5, 5.41) is 14.0. The maximum atomic E-state index is 10.4. The Morgan fingerprint density at radius 3 is 2.62 bits per heavy atom. The number of nitrogens with one attached hydrogen (secondary N) is 1. The minimum Gasteiger partial charge on any atom is -0.491 e. The molecule has 0 radical (unpaired) electrons. The van der Waals surface area contributed by atoms with Crippen LogP contribution in [0.4, 0.5) is 0 Å². The van der Waals surface area contributed by atoms with Gasteiger partial charge >= 0.3 is 0 Å². The molecule has 0 aromatic heterocycles. The number of benzene rings is 2. The summed E-state index contributed by atoms with van der Waals surface area (Å²) in [6, 6.07) is 17.3. The van der Waals surface area contributed by atoms with Gasteiger partial charge in [0.1, 0.15) is 18.5 Å². The highest BCUT2D eigenvalue weighted by molar-refractivity contribution is 5.29. The molecule has 2 heterocycles. The maximum Gasteiger partial charge on any atom is 0.119 e. The fraction of sp³-hybridized carbons (Fsp3) is 0.500. The highest BCUT2D eigenvalue weighted by Gasteiger charge is 2.18. The zero-order valence-electron chi connectivity index (χ0n) is 17.1. The van der Waals surface area contributed by atoms with Crippen molar-refractivity contribution in [1.29, 1.82) is 0 Å². The molecule has 1 unspecified atom stereocenters. The van der Waals surface area contributed by atoms with Gasteiger partial charge in [0.25, 0.3) is 0 Å². The fourth-order valence-corrected chi connectivity index (χ4v) is 4.12. The number of β-amino-alcohol motifs (C(OH)–C–C–N with tert-alkyl or cyclic N) is 1. The number of hydrogen-bond acceptors (Lipinski definition) is 5. The minimum atomic E-state index is -0.491. The predicted molar refractivity (Wildman–Crippen MR) is 114 cm³/mol. The SMILES string of the molecule is OC(COc1ccc(CNC2CCOCC2)cc1)CN1CCc2ccccc2C1. The van der Waals surface area contributed by atoms with E-state index < -0.39 is 6.10 Å². The van der Waals surface area contributed by atoms with Gasteiger partial charge in [-0.05, 0) is 48.1 Å². The van der Waals surface area contributed by atoms with E-state index in [2.05, 4.69) is 46.6 Å². The topological polar surface area (TPSA) is 54.0 Å². The molecule has 156 valence electrons. The summed E-state index contributed by atoms with van der Waals surface area (Å²) in [7, 11) is 0. The summed E-state index contributed by atoms with van der Waals surface area (Å²) in [6.45, 7) is 5.43. The third-order valence-electron chi connectivity index (χ3n) is 5.86. The summed E-state index contributed by atoms with van der Waals surface area (Å²) >= 11 is 0. The lowest BCUT2D eigenvalue weighted by Crippen LogP contribution is -2.38. The number of aliphatic hydroxyl groups is 1. The molecule has 0 amide bonds. The second kappa shape index (κ2) is 10.2. The van der Waals surface area contributed by atoms with E-state index >= 15 is 0 Å². The highest BCUT2D eigenvalue weighted by Crippen LogP contribution is 2.19. The van der Waals surface area contributed by atoms with Gasteiger partial charge in [-0.3, -0.25) is 4.90 Å². The highest BCUT2D eigenvalue weighted by atomic mass is 16.5. The van der Waals surface area contributed by atoms with Crippen LogP contribution >= 0.6 is 0 Å². The molecule has 0 aliphatic carbocycles. The molecule has 2 aromatic carbocycles. The third-order valence-corrected chi connectivity index (χ3v) is 5.86. The van der Waals surface area contributed by atoms with Gasteiger partial charge in [0.15, 0.2) is 0 Å². The second-order valence-electron chi connectivity index (χ2n) is 8.13. The van der Waals surface area contributed by atoms with Crippen molar-refractivity contribution >= 4 is 0 Å². The average Bonchev–Trinajstić information content (AvgIpc) is 2.77. The molecule has 1 atom stereocenters. The Bertz CT molecular complexity index is 759. The van der Waals surface area contributed by atoms with E-state index in [1.54, 1.807) is 0 Å². The molecule has 5 nitrogen and oxygen atoms in total. The normalized spacial score (nSPS) is 18.9. The van der Waals surface area contributed by atoms with Crippen LogP contribution in [0.25, 0.3) is 0 Å². The van der Waals surface area contributed by atoms with Crippen LogP contribution < -0.4 is 10.1 Å². The quantitative estimate of drug-likeness (QED) is 0.719. The summed E-state index contributed by atoms with van der Waals surface area (Å²) in [4.78, 5) is 2.31. The molecule has 0 spiro atoms. The van der Waals surface area contributed by atoms with Crippen molar-refractivity contribution in [3.8, 4) is 5.75 Å². The molecule has 2 N–H and O–H groups in total. The molecule has 4 rings (SSSR count). The van der Waals surface area contributed by atoms with Crippen LogP contribution in [0.5, 0.6) is 5.75 Å². The Morgan fingerprint density at radius 2 is 1.83 bits per heavy atom. The average molecular weight is 397 g/mol. The van der Waals surface area contributed by atoms with Crippen molar-refractivity contribution in [3.05, 3.63) is 65.2 Å². The lowest BCUT2D eigenvalue weighted by Gasteiger charge is -2.30. The molecule has 1 fully saturated rings. The lowest BCUT2D eigenvalue weighted by molar-refractivity contribution is 0.0637. The third kappa shape index (κ3) is 6.03. The van der Waals surface area contributed by atoms with Crippen LogP contribution in [0.3, 0.4) is 0 Å². The number of hydrogen-bond donors (Lipinski definition) is 2. The van der Waals surface area contributed by atoms with Crippen molar-refractivity contribution in [2.24, 2.45) is 0 Å². The Balaban J connectivity index is 1.18. The van der Waals surface area contributed by atoms with Crippen LogP contribution in [-0.2, 0) is 24.2 Å². The molecule has 2 aliphatic rings. The first-order chi connectivity index (χ1) is 14.3. The van der Waals surface area contributed by atoms with E-state index in [-0.39, 0.29) is 0 Å². The van der Waals surface area contributed by atoms with Gasteiger partial charge < -0.3 is 19.9 Å². The monoisotopic (exact) mass is 396 g/mol. The molecule has 0 saturated carbocycles. The summed E-state index contributed by atoms with van der Waals surface area (Å²) in [5.41, 5.74) is 4.05. The molecule has 1 saturated heterocycles. The fourth-order valence-electron chi connectivity index (χ4n) is 4.12. The maximum absolute atomic E-state index is 10.4. The van der Waals surface area contributed by atoms with E-state index in [0.717, 1.165) is 57.9 Å². The van der Waals surface area contributed by atoms with Crippen molar-refractivity contribution in [1.82, 2.24) is 10.2 Å². The van der Waals surface area contributed by atoms with E-state index in [4.69, 9.17) is 9.47 Å². The molecule has 5 heteroatoms. The van der Waals surface area contributed by atoms with Gasteiger partial charge in [0.2, 0.25) is 0 Å². The molecule has 2 aliphatic heterocycles. The number of ether oxygens (including phenoxy) is 2. The van der Waals surface area contributed by atoms with E-state index in [0.29, 0.717) is 19.2 Å². The van der Waals surface area contributed by atoms with Gasteiger partial charge in [0, 0.05) is 45.4 Å². The molecular formula is C24H32N2O3. The number of fused-ring (bicyclic) bond motifs is 1. The second-order valence-corrected chi connectivity index (χ2v) is 8.13. The lowest BCUT2D eigenvalue weighted by atomic mass is 10.00. The van der Waals surface area contributed by atoms with Crippen LogP contribution in [0.2, 0.25) is 0 Å². The van der Waals surface area contributed by atoms with E-state index in [9.17, 15) is 5.11 Å². The van der Waals surface area contributed by atoms with E-state index in [1.165, 1.54) is 16.7 Å². The van der Waals surface area contributed by atoms with Crippen molar-refractivity contribution < 1.29 is 14.6 Å². The zero-order chi connectivity index (χ0) is 19.9. The Morgan fingerprint density at radius 1 is 1.07 bits per heavy atom. The van der Waals surface area contributed by atoms with Crippen LogP contribution in [0.1, 0.15) is 29.5 Å². The summed E-state index contributed by atoms with van der Waals surface area (Å²) in [6.07, 6.45) is 2.73. The van der Waals surface area contributed by atoms with Crippen LogP contribution in [0.15, 0.2) is 48.5 Å². The first-order valence-corrected chi connectivity index (χ1v) is 10.8. The standard InChI is InChI=1S/C24H32N2O3/c27-23(17-26-12-9-20-3-1-2-4-21(20)16-26)18-29-24-7-5-19(6-8-24)15-25-22-10-13-28-14-11-22/h1-8,22-23,25,27H,9-18H2. The zero-order valence-corrected chi connectivity index (χ0v) is 17.1. The van der Waals surface area contributed by atoms with Crippen molar-refractivity contribution in [2.75, 3.05) is 32.9 Å². The number of rotatable bonds is 8. The molecule has 0 bridgehead atoms. The Labute approximate surface area is 173 Å². The minimum absolute atomic E-state index is 0.317. The molecular weight excluding hydrogens is 364 g/mol. The predicted octanol–water partition coefficient (Wildman–Crippen LogP) is 2.75. The van der Waals surface area contributed by atoms with E-state index in [1.807, 2.05) is 12.1 Å².